The van der Waals surface area contributed by atoms with E-state index < -0.39 is 19.4 Å². The van der Waals surface area contributed by atoms with Gasteiger partial charge >= 0.3 is 7.60 Å². The average Bonchev–Trinajstić information content (AvgIpc) is 2.65. The second-order valence-corrected chi connectivity index (χ2v) is 9.04. The molecule has 2 heterocycles. The van der Waals surface area contributed by atoms with Gasteiger partial charge in [0, 0.05) is 25.2 Å². The van der Waals surface area contributed by atoms with E-state index in [9.17, 15) is 9.67 Å². The van der Waals surface area contributed by atoms with Crippen LogP contribution in [0.4, 0.5) is 0 Å². The Hall–Kier alpha value is -1.65. The van der Waals surface area contributed by atoms with Crippen LogP contribution in [0.5, 0.6) is 5.75 Å². The normalized spacial score (nSPS) is 28.1. The summed E-state index contributed by atoms with van der Waals surface area (Å²) in [6.45, 7) is 4.21. The molecule has 4 rings (SSSR count). The zero-order valence-electron chi connectivity index (χ0n) is 14.9. The quantitative estimate of drug-likeness (QED) is 0.827. The number of fused-ring (bicyclic) bond motifs is 2. The molecule has 2 aliphatic rings. The number of para-hydroxylation sites is 1. The number of benzene rings is 2. The largest absolute Gasteiger partial charge is 0.424 e. The summed E-state index contributed by atoms with van der Waals surface area (Å²) in [5.41, 5.74) is 2.74. The highest BCUT2D eigenvalue weighted by molar-refractivity contribution is 7.55. The minimum Gasteiger partial charge on any atom is -0.424 e. The first-order valence-corrected chi connectivity index (χ1v) is 10.7. The van der Waals surface area contributed by atoms with E-state index in [4.69, 9.17) is 9.05 Å². The maximum Gasteiger partial charge on any atom is 0.386 e. The highest BCUT2D eigenvalue weighted by Gasteiger charge is 2.48. The molecule has 0 saturated heterocycles. The Morgan fingerprint density at radius 1 is 1.19 bits per heavy atom. The fourth-order valence-electron chi connectivity index (χ4n) is 3.87. The zero-order chi connectivity index (χ0) is 18.1. The smallest absolute Gasteiger partial charge is 0.386 e. The van der Waals surface area contributed by atoms with Gasteiger partial charge < -0.3 is 9.63 Å². The Balaban J connectivity index is 1.60. The second-order valence-electron chi connectivity index (χ2n) is 6.85. The third-order valence-electron chi connectivity index (χ3n) is 5.20. The summed E-state index contributed by atoms with van der Waals surface area (Å²) in [4.78, 5) is 2.24. The number of aliphatic hydroxyl groups excluding tert-OH is 1. The lowest BCUT2D eigenvalue weighted by Crippen LogP contribution is -2.41. The van der Waals surface area contributed by atoms with Gasteiger partial charge in [-0.1, -0.05) is 42.5 Å². The Morgan fingerprint density at radius 3 is 2.73 bits per heavy atom. The third-order valence-corrected chi connectivity index (χ3v) is 7.53. The molecule has 0 radical (unpaired) electrons. The van der Waals surface area contributed by atoms with Crippen LogP contribution in [0, 0.1) is 0 Å². The topological polar surface area (TPSA) is 59.0 Å². The predicted molar refractivity (Wildman–Crippen MR) is 100 cm³/mol. The van der Waals surface area contributed by atoms with E-state index in [0.29, 0.717) is 17.9 Å². The summed E-state index contributed by atoms with van der Waals surface area (Å²) in [6.07, 6.45) is 0.0875. The molecule has 26 heavy (non-hydrogen) atoms. The highest BCUT2D eigenvalue weighted by Crippen LogP contribution is 2.61. The Kier molecular flexibility index (Phi) is 4.89. The van der Waals surface area contributed by atoms with E-state index in [1.807, 2.05) is 24.3 Å². The van der Waals surface area contributed by atoms with Gasteiger partial charge in [0.15, 0.2) is 0 Å². The highest BCUT2D eigenvalue weighted by atomic mass is 31.2. The van der Waals surface area contributed by atoms with Crippen molar-refractivity contribution in [3.8, 4) is 5.75 Å². The van der Waals surface area contributed by atoms with Crippen LogP contribution in [0.1, 0.15) is 29.7 Å². The fourth-order valence-corrected chi connectivity index (χ4v) is 5.99. The van der Waals surface area contributed by atoms with Crippen molar-refractivity contribution in [2.75, 3.05) is 19.7 Å². The van der Waals surface area contributed by atoms with Crippen molar-refractivity contribution in [2.45, 2.75) is 31.7 Å². The predicted octanol–water partition coefficient (Wildman–Crippen LogP) is 3.77. The van der Waals surface area contributed by atoms with Gasteiger partial charge in [0.25, 0.3) is 0 Å². The lowest BCUT2D eigenvalue weighted by molar-refractivity contribution is 0.112. The van der Waals surface area contributed by atoms with E-state index >= 15 is 0 Å². The zero-order valence-corrected chi connectivity index (χ0v) is 15.8. The SMILES string of the molecule is CCOP1(=O)Oc2ccccc2[C@H](O)[C@H]1CN1CCc2ccccc2C1. The van der Waals surface area contributed by atoms with E-state index in [2.05, 4.69) is 23.1 Å². The summed E-state index contributed by atoms with van der Waals surface area (Å²) in [7, 11) is -3.45. The second kappa shape index (κ2) is 7.16. The molecule has 0 spiro atoms. The van der Waals surface area contributed by atoms with Gasteiger partial charge in [-0.05, 0) is 30.5 Å². The molecule has 3 atom stereocenters. The lowest BCUT2D eigenvalue weighted by atomic mass is 9.99. The average molecular weight is 373 g/mol. The lowest BCUT2D eigenvalue weighted by Gasteiger charge is -2.39. The van der Waals surface area contributed by atoms with Gasteiger partial charge in [-0.25, -0.2) is 4.57 Å². The Morgan fingerprint density at radius 2 is 1.92 bits per heavy atom. The minimum atomic E-state index is -3.45. The Labute approximate surface area is 154 Å². The van der Waals surface area contributed by atoms with E-state index in [1.165, 1.54) is 11.1 Å². The molecule has 0 aliphatic carbocycles. The van der Waals surface area contributed by atoms with Crippen molar-refractivity contribution in [3.63, 3.8) is 0 Å². The van der Waals surface area contributed by atoms with Crippen molar-refractivity contribution in [2.24, 2.45) is 0 Å². The minimum absolute atomic E-state index is 0.283. The van der Waals surface area contributed by atoms with Crippen LogP contribution < -0.4 is 4.52 Å². The number of nitrogens with zero attached hydrogens (tertiary/aromatic N) is 1. The maximum absolute atomic E-state index is 13.4. The van der Waals surface area contributed by atoms with Gasteiger partial charge in [0.2, 0.25) is 0 Å². The number of hydrogen-bond donors (Lipinski definition) is 1. The first-order valence-electron chi connectivity index (χ1n) is 9.10. The van der Waals surface area contributed by atoms with Crippen LogP contribution >= 0.6 is 7.60 Å². The van der Waals surface area contributed by atoms with Gasteiger partial charge in [-0.15, -0.1) is 0 Å². The summed E-state index contributed by atoms with van der Waals surface area (Å²) >= 11 is 0. The van der Waals surface area contributed by atoms with Crippen molar-refractivity contribution in [3.05, 3.63) is 65.2 Å². The first-order chi connectivity index (χ1) is 12.6. The summed E-state index contributed by atoms with van der Waals surface area (Å²) in [5.74, 6) is 0.456. The van der Waals surface area contributed by atoms with Crippen molar-refractivity contribution in [1.29, 1.82) is 0 Å². The van der Waals surface area contributed by atoms with E-state index in [-0.39, 0.29) is 6.61 Å². The molecular weight excluding hydrogens is 349 g/mol. The molecule has 0 aromatic heterocycles. The molecule has 1 N–H and O–H groups in total. The molecular formula is C20H24NO4P. The van der Waals surface area contributed by atoms with Crippen LogP contribution in [-0.4, -0.2) is 35.4 Å². The molecule has 5 nitrogen and oxygen atoms in total. The molecule has 0 saturated carbocycles. The van der Waals surface area contributed by atoms with Crippen molar-refractivity contribution in [1.82, 2.24) is 4.90 Å². The molecule has 138 valence electrons. The fraction of sp³-hybridized carbons (Fsp3) is 0.400. The van der Waals surface area contributed by atoms with Gasteiger partial charge in [0.05, 0.1) is 12.7 Å². The van der Waals surface area contributed by atoms with Gasteiger partial charge in [0.1, 0.15) is 11.4 Å². The van der Waals surface area contributed by atoms with E-state index in [1.54, 1.807) is 13.0 Å². The Bertz CT molecular complexity index is 840. The number of hydrogen-bond acceptors (Lipinski definition) is 5. The third kappa shape index (κ3) is 3.21. The van der Waals surface area contributed by atoms with Crippen LogP contribution in [0.25, 0.3) is 0 Å². The van der Waals surface area contributed by atoms with E-state index in [0.717, 1.165) is 19.5 Å². The van der Waals surface area contributed by atoms with Gasteiger partial charge in [-0.3, -0.25) is 9.42 Å². The van der Waals surface area contributed by atoms with Crippen LogP contribution in [0.2, 0.25) is 0 Å². The van der Waals surface area contributed by atoms with Crippen molar-refractivity contribution < 1.29 is 18.7 Å². The van der Waals surface area contributed by atoms with Crippen LogP contribution in [0.15, 0.2) is 48.5 Å². The summed E-state index contributed by atoms with van der Waals surface area (Å²) in [5, 5.41) is 11.0. The first kappa shape index (κ1) is 17.7. The monoisotopic (exact) mass is 373 g/mol. The molecule has 2 aromatic rings. The molecule has 2 aromatic carbocycles. The van der Waals surface area contributed by atoms with Crippen molar-refractivity contribution >= 4 is 7.60 Å². The molecule has 0 fully saturated rings. The summed E-state index contributed by atoms with van der Waals surface area (Å²) < 4.78 is 24.8. The number of rotatable bonds is 4. The van der Waals surface area contributed by atoms with Gasteiger partial charge in [-0.2, -0.15) is 0 Å². The molecule has 2 aliphatic heterocycles. The van der Waals surface area contributed by atoms with Crippen LogP contribution in [-0.2, 0) is 22.1 Å². The standard InChI is InChI=1S/C20H24NO4P/c1-2-24-26(23)19(20(22)17-9-5-6-10-18(17)25-26)14-21-12-11-15-7-3-4-8-16(15)13-21/h3-10,19-20,22H,2,11-14H2,1H3/t19-,20+,26?/m1/s1. The molecule has 0 bridgehead atoms. The number of aliphatic hydroxyl groups is 1. The summed E-state index contributed by atoms with van der Waals surface area (Å²) in [6, 6.07) is 15.6. The van der Waals surface area contributed by atoms with Crippen LogP contribution in [0.3, 0.4) is 0 Å². The molecule has 0 amide bonds. The maximum atomic E-state index is 13.4. The molecule has 1 unspecified atom stereocenters. The molecule has 6 heteroatoms.